The Bertz CT molecular complexity index is 799. The van der Waals surface area contributed by atoms with Crippen molar-refractivity contribution < 1.29 is 14.3 Å². The number of hydrogen-bond donors (Lipinski definition) is 2. The number of carbonyl (C=O) groups is 2. The Labute approximate surface area is 152 Å². The molecule has 1 heterocycles. The highest BCUT2D eigenvalue weighted by atomic mass is 16.5. The molecule has 26 heavy (non-hydrogen) atoms. The molecule has 136 valence electrons. The van der Waals surface area contributed by atoms with E-state index >= 15 is 0 Å². The van der Waals surface area contributed by atoms with Gasteiger partial charge in [0.15, 0.2) is 0 Å². The number of nitrogens with one attached hydrogen (secondary N) is 2. The molecule has 1 amide bonds. The third kappa shape index (κ3) is 4.36. The molecule has 1 aromatic carbocycles. The Balaban J connectivity index is 1.70. The predicted molar refractivity (Wildman–Crippen MR) is 98.4 cm³/mol. The summed E-state index contributed by atoms with van der Waals surface area (Å²) in [6.45, 7) is 1.77. The van der Waals surface area contributed by atoms with E-state index in [0.29, 0.717) is 34.6 Å². The number of hydrogen-bond acceptors (Lipinski definition) is 6. The predicted octanol–water partition coefficient (Wildman–Crippen LogP) is 3.18. The summed E-state index contributed by atoms with van der Waals surface area (Å²) in [4.78, 5) is 32.6. The number of benzene rings is 1. The van der Waals surface area contributed by atoms with Gasteiger partial charge in [-0.2, -0.15) is 0 Å². The van der Waals surface area contributed by atoms with Gasteiger partial charge >= 0.3 is 5.97 Å². The van der Waals surface area contributed by atoms with Gasteiger partial charge in [0, 0.05) is 17.8 Å². The second-order valence-corrected chi connectivity index (χ2v) is 6.33. The summed E-state index contributed by atoms with van der Waals surface area (Å²) in [5.41, 5.74) is 1.30. The van der Waals surface area contributed by atoms with Crippen LogP contribution in [-0.4, -0.2) is 35.0 Å². The van der Waals surface area contributed by atoms with Gasteiger partial charge < -0.3 is 15.4 Å². The molecule has 2 aromatic rings. The van der Waals surface area contributed by atoms with Crippen LogP contribution in [0.3, 0.4) is 0 Å². The van der Waals surface area contributed by atoms with Crippen molar-refractivity contribution in [3.63, 3.8) is 0 Å². The highest BCUT2D eigenvalue weighted by Crippen LogP contribution is 2.22. The first-order valence-corrected chi connectivity index (χ1v) is 8.67. The van der Waals surface area contributed by atoms with Crippen LogP contribution in [0.1, 0.15) is 52.4 Å². The lowest BCUT2D eigenvalue weighted by Gasteiger charge is -2.14. The lowest BCUT2D eigenvalue weighted by atomic mass is 10.2. The Morgan fingerprint density at radius 1 is 1.12 bits per heavy atom. The molecule has 2 N–H and O–H groups in total. The number of methoxy groups -OCH3 is 1. The van der Waals surface area contributed by atoms with Crippen molar-refractivity contribution in [3.8, 4) is 0 Å². The van der Waals surface area contributed by atoms with Crippen LogP contribution in [0.2, 0.25) is 0 Å². The number of aryl methyl sites for hydroxylation is 1. The fourth-order valence-corrected chi connectivity index (χ4v) is 3.04. The standard InChI is InChI=1S/C19H22N4O3/c1-12-20-16(11-17(21-12)22-14-5-3-4-6-14)18(24)23-15-9-7-13(8-10-15)19(25)26-2/h7-11,14H,3-6H2,1-2H3,(H,23,24)(H,20,21,22). The maximum atomic E-state index is 12.5. The van der Waals surface area contributed by atoms with Crippen molar-refractivity contribution in [2.75, 3.05) is 17.7 Å². The summed E-state index contributed by atoms with van der Waals surface area (Å²) in [6, 6.07) is 8.57. The topological polar surface area (TPSA) is 93.2 Å². The monoisotopic (exact) mass is 354 g/mol. The summed E-state index contributed by atoms with van der Waals surface area (Å²) >= 11 is 0. The summed E-state index contributed by atoms with van der Waals surface area (Å²) in [5, 5.41) is 6.17. The molecule has 1 saturated carbocycles. The molecular weight excluding hydrogens is 332 g/mol. The molecule has 7 nitrogen and oxygen atoms in total. The van der Waals surface area contributed by atoms with Gasteiger partial charge in [0.05, 0.1) is 12.7 Å². The summed E-state index contributed by atoms with van der Waals surface area (Å²) in [5.74, 6) is 0.475. The highest BCUT2D eigenvalue weighted by Gasteiger charge is 2.17. The second-order valence-electron chi connectivity index (χ2n) is 6.33. The Morgan fingerprint density at radius 2 is 1.81 bits per heavy atom. The number of anilines is 2. The van der Waals surface area contributed by atoms with E-state index in [1.165, 1.54) is 20.0 Å². The maximum Gasteiger partial charge on any atom is 0.337 e. The van der Waals surface area contributed by atoms with Crippen molar-refractivity contribution in [3.05, 3.63) is 47.4 Å². The van der Waals surface area contributed by atoms with Crippen LogP contribution in [0.25, 0.3) is 0 Å². The van der Waals surface area contributed by atoms with Crippen LogP contribution in [-0.2, 0) is 4.74 Å². The van der Waals surface area contributed by atoms with E-state index in [9.17, 15) is 9.59 Å². The molecule has 1 fully saturated rings. The minimum absolute atomic E-state index is 0.301. The van der Waals surface area contributed by atoms with Gasteiger partial charge in [0.2, 0.25) is 0 Å². The fourth-order valence-electron chi connectivity index (χ4n) is 3.04. The average molecular weight is 354 g/mol. The number of carbonyl (C=O) groups excluding carboxylic acids is 2. The number of nitrogens with zero attached hydrogens (tertiary/aromatic N) is 2. The van der Waals surface area contributed by atoms with Crippen LogP contribution < -0.4 is 10.6 Å². The first-order valence-electron chi connectivity index (χ1n) is 8.67. The highest BCUT2D eigenvalue weighted by molar-refractivity contribution is 6.03. The van der Waals surface area contributed by atoms with Gasteiger partial charge in [-0.15, -0.1) is 0 Å². The average Bonchev–Trinajstić information content (AvgIpc) is 3.14. The van der Waals surface area contributed by atoms with E-state index in [4.69, 9.17) is 0 Å². The third-order valence-electron chi connectivity index (χ3n) is 4.34. The Morgan fingerprint density at radius 3 is 2.46 bits per heavy atom. The lowest BCUT2D eigenvalue weighted by molar-refractivity contribution is 0.0600. The summed E-state index contributed by atoms with van der Waals surface area (Å²) in [6.07, 6.45) is 4.68. The quantitative estimate of drug-likeness (QED) is 0.801. The van der Waals surface area contributed by atoms with Crippen LogP contribution in [0, 0.1) is 6.92 Å². The zero-order chi connectivity index (χ0) is 18.5. The van der Waals surface area contributed by atoms with Gasteiger partial charge in [0.25, 0.3) is 5.91 Å². The van der Waals surface area contributed by atoms with Gasteiger partial charge in [-0.3, -0.25) is 4.79 Å². The van der Waals surface area contributed by atoms with E-state index < -0.39 is 5.97 Å². The molecule has 0 unspecified atom stereocenters. The van der Waals surface area contributed by atoms with Crippen LogP contribution in [0.4, 0.5) is 11.5 Å². The smallest absolute Gasteiger partial charge is 0.337 e. The molecule has 0 saturated heterocycles. The molecule has 1 aliphatic carbocycles. The SMILES string of the molecule is COC(=O)c1ccc(NC(=O)c2cc(NC3CCCC3)nc(C)n2)cc1. The normalized spacial score (nSPS) is 14.1. The first-order chi connectivity index (χ1) is 12.5. The molecular formula is C19H22N4O3. The lowest BCUT2D eigenvalue weighted by Crippen LogP contribution is -2.19. The van der Waals surface area contributed by atoms with Crippen molar-refractivity contribution in [1.82, 2.24) is 9.97 Å². The Kier molecular flexibility index (Phi) is 5.46. The molecule has 7 heteroatoms. The van der Waals surface area contributed by atoms with Crippen LogP contribution in [0.5, 0.6) is 0 Å². The first kappa shape index (κ1) is 17.8. The molecule has 1 aliphatic rings. The number of esters is 1. The van der Waals surface area contributed by atoms with Crippen molar-refractivity contribution in [1.29, 1.82) is 0 Å². The summed E-state index contributed by atoms with van der Waals surface area (Å²) < 4.78 is 4.66. The zero-order valence-corrected chi connectivity index (χ0v) is 14.9. The minimum atomic E-state index is -0.420. The molecule has 0 radical (unpaired) electrons. The van der Waals surface area contributed by atoms with Crippen molar-refractivity contribution in [2.45, 2.75) is 38.6 Å². The van der Waals surface area contributed by atoms with E-state index in [1.807, 2.05) is 0 Å². The van der Waals surface area contributed by atoms with Gasteiger partial charge in [-0.1, -0.05) is 12.8 Å². The minimum Gasteiger partial charge on any atom is -0.465 e. The molecule has 0 spiro atoms. The van der Waals surface area contributed by atoms with Crippen LogP contribution >= 0.6 is 0 Å². The summed E-state index contributed by atoms with van der Waals surface area (Å²) in [7, 11) is 1.33. The fraction of sp³-hybridized carbons (Fsp3) is 0.368. The van der Waals surface area contributed by atoms with E-state index in [-0.39, 0.29) is 5.91 Å². The number of rotatable bonds is 5. The molecule has 3 rings (SSSR count). The van der Waals surface area contributed by atoms with Crippen molar-refractivity contribution in [2.24, 2.45) is 0 Å². The maximum absolute atomic E-state index is 12.5. The van der Waals surface area contributed by atoms with E-state index in [0.717, 1.165) is 12.8 Å². The van der Waals surface area contributed by atoms with Crippen molar-refractivity contribution >= 4 is 23.4 Å². The molecule has 0 bridgehead atoms. The number of amides is 1. The molecule has 0 atom stereocenters. The second kappa shape index (κ2) is 7.95. The van der Waals surface area contributed by atoms with Crippen LogP contribution in [0.15, 0.2) is 30.3 Å². The third-order valence-corrected chi connectivity index (χ3v) is 4.34. The van der Waals surface area contributed by atoms with E-state index in [1.54, 1.807) is 37.3 Å². The zero-order valence-electron chi connectivity index (χ0n) is 14.9. The molecule has 0 aliphatic heterocycles. The number of ether oxygens (including phenoxy) is 1. The number of aromatic nitrogens is 2. The van der Waals surface area contributed by atoms with Gasteiger partial charge in [-0.25, -0.2) is 14.8 Å². The van der Waals surface area contributed by atoms with E-state index in [2.05, 4.69) is 25.3 Å². The van der Waals surface area contributed by atoms with Gasteiger partial charge in [0.1, 0.15) is 17.3 Å². The largest absolute Gasteiger partial charge is 0.465 e. The Hall–Kier alpha value is -2.96. The van der Waals surface area contributed by atoms with Gasteiger partial charge in [-0.05, 0) is 44.0 Å². The molecule has 1 aromatic heterocycles.